The topological polar surface area (TPSA) is 72.0 Å². The molecule has 1 N–H and O–H groups in total. The Morgan fingerprint density at radius 3 is 2.73 bits per heavy atom. The van der Waals surface area contributed by atoms with Gasteiger partial charge in [-0.3, -0.25) is 0 Å². The Labute approximate surface area is 94.0 Å². The fraction of sp³-hybridized carbons (Fsp3) is 0.750. The van der Waals surface area contributed by atoms with Crippen molar-refractivity contribution in [2.45, 2.75) is 19.8 Å². The van der Waals surface area contributed by atoms with Crippen LogP contribution in [0.25, 0.3) is 0 Å². The quantitative estimate of drug-likeness (QED) is 0.760. The van der Waals surface area contributed by atoms with E-state index in [1.165, 1.54) is 17.8 Å². The van der Waals surface area contributed by atoms with Gasteiger partial charge in [-0.25, -0.2) is 13.4 Å². The molecule has 86 valence electrons. The highest BCUT2D eigenvalue weighted by Gasteiger charge is 2.03. The van der Waals surface area contributed by atoms with Crippen LogP contribution in [0.5, 0.6) is 0 Å². The first kappa shape index (κ1) is 12.4. The van der Waals surface area contributed by atoms with E-state index in [1.807, 2.05) is 6.92 Å². The van der Waals surface area contributed by atoms with Crippen LogP contribution in [0, 0.1) is 0 Å². The summed E-state index contributed by atoms with van der Waals surface area (Å²) in [5.74, 6) is 1.03. The van der Waals surface area contributed by atoms with Gasteiger partial charge in [0.25, 0.3) is 0 Å². The van der Waals surface area contributed by atoms with E-state index in [0.29, 0.717) is 13.0 Å². The molecule has 0 atom stereocenters. The normalized spacial score (nSPS) is 11.6. The summed E-state index contributed by atoms with van der Waals surface area (Å²) in [5, 5.41) is 3.82. The van der Waals surface area contributed by atoms with Crippen molar-refractivity contribution in [3.63, 3.8) is 0 Å². The number of aromatic nitrogens is 2. The number of nitrogens with one attached hydrogen (secondary N) is 1. The van der Waals surface area contributed by atoms with Gasteiger partial charge in [0.2, 0.25) is 5.13 Å². The van der Waals surface area contributed by atoms with Crippen molar-refractivity contribution in [3.8, 4) is 0 Å². The average Bonchev–Trinajstić information content (AvgIpc) is 2.59. The molecule has 0 fully saturated rings. The minimum atomic E-state index is -2.85. The molecule has 15 heavy (non-hydrogen) atoms. The van der Waals surface area contributed by atoms with E-state index in [4.69, 9.17) is 0 Å². The maximum absolute atomic E-state index is 10.8. The highest BCUT2D eigenvalue weighted by Crippen LogP contribution is 2.10. The minimum absolute atomic E-state index is 0.208. The Morgan fingerprint density at radius 2 is 2.20 bits per heavy atom. The molecule has 0 saturated heterocycles. The van der Waals surface area contributed by atoms with Crippen LogP contribution in [-0.2, 0) is 16.3 Å². The van der Waals surface area contributed by atoms with Crippen LogP contribution in [-0.4, -0.2) is 36.3 Å². The second kappa shape index (κ2) is 5.41. The Hall–Kier alpha value is -0.690. The third kappa shape index (κ3) is 5.08. The molecule has 1 rings (SSSR count). The van der Waals surface area contributed by atoms with Gasteiger partial charge < -0.3 is 5.32 Å². The Morgan fingerprint density at radius 1 is 1.47 bits per heavy atom. The Balaban J connectivity index is 2.26. The van der Waals surface area contributed by atoms with Crippen LogP contribution >= 0.6 is 11.5 Å². The van der Waals surface area contributed by atoms with Gasteiger partial charge in [-0.2, -0.15) is 4.37 Å². The first-order chi connectivity index (χ1) is 7.01. The van der Waals surface area contributed by atoms with E-state index in [-0.39, 0.29) is 5.75 Å². The highest BCUT2D eigenvalue weighted by atomic mass is 32.2. The maximum Gasteiger partial charge on any atom is 0.202 e. The van der Waals surface area contributed by atoms with Crippen molar-refractivity contribution in [2.24, 2.45) is 0 Å². The standard InChI is InChI=1S/C8H15N3O2S2/c1-3-7-10-8(14-11-7)9-5-4-6-15(2,12)13/h3-6H2,1-2H3,(H,9,10,11). The molecule has 0 aliphatic rings. The number of aryl methyl sites for hydroxylation is 1. The van der Waals surface area contributed by atoms with Crippen molar-refractivity contribution in [1.82, 2.24) is 9.36 Å². The summed E-state index contributed by atoms with van der Waals surface area (Å²) in [4.78, 5) is 4.21. The third-order valence-electron chi connectivity index (χ3n) is 1.75. The zero-order valence-electron chi connectivity index (χ0n) is 8.86. The molecule has 0 amide bonds. The van der Waals surface area contributed by atoms with Crippen LogP contribution in [0.4, 0.5) is 5.13 Å². The molecule has 1 aromatic heterocycles. The first-order valence-electron chi connectivity index (χ1n) is 4.75. The summed E-state index contributed by atoms with van der Waals surface area (Å²) in [6.07, 6.45) is 2.66. The van der Waals surface area contributed by atoms with E-state index in [0.717, 1.165) is 17.4 Å². The van der Waals surface area contributed by atoms with E-state index < -0.39 is 9.84 Å². The lowest BCUT2D eigenvalue weighted by Crippen LogP contribution is -2.09. The van der Waals surface area contributed by atoms with E-state index >= 15 is 0 Å². The summed E-state index contributed by atoms with van der Waals surface area (Å²) in [6.45, 7) is 2.61. The summed E-state index contributed by atoms with van der Waals surface area (Å²) in [7, 11) is -2.85. The molecule has 0 bridgehead atoms. The number of hydrogen-bond donors (Lipinski definition) is 1. The van der Waals surface area contributed by atoms with Gasteiger partial charge >= 0.3 is 0 Å². The molecule has 0 saturated carbocycles. The molecule has 0 aliphatic carbocycles. The number of anilines is 1. The smallest absolute Gasteiger partial charge is 0.202 e. The van der Waals surface area contributed by atoms with Crippen molar-refractivity contribution in [1.29, 1.82) is 0 Å². The first-order valence-corrected chi connectivity index (χ1v) is 7.59. The lowest BCUT2D eigenvalue weighted by molar-refractivity contribution is 0.600. The lowest BCUT2D eigenvalue weighted by Gasteiger charge is -2.00. The molecule has 1 heterocycles. The number of nitrogens with zero attached hydrogens (tertiary/aromatic N) is 2. The number of sulfone groups is 1. The highest BCUT2D eigenvalue weighted by molar-refractivity contribution is 7.90. The second-order valence-electron chi connectivity index (χ2n) is 3.28. The number of rotatable bonds is 6. The summed E-state index contributed by atoms with van der Waals surface area (Å²) < 4.78 is 25.8. The monoisotopic (exact) mass is 249 g/mol. The average molecular weight is 249 g/mol. The predicted molar refractivity (Wildman–Crippen MR) is 62.1 cm³/mol. The van der Waals surface area contributed by atoms with Crippen LogP contribution in [0.1, 0.15) is 19.2 Å². The minimum Gasteiger partial charge on any atom is -0.360 e. The molecule has 0 unspecified atom stereocenters. The van der Waals surface area contributed by atoms with E-state index in [2.05, 4.69) is 14.7 Å². The van der Waals surface area contributed by atoms with Gasteiger partial charge in [-0.15, -0.1) is 0 Å². The molecule has 0 spiro atoms. The fourth-order valence-corrected chi connectivity index (χ4v) is 2.34. The van der Waals surface area contributed by atoms with Crippen LogP contribution in [0.2, 0.25) is 0 Å². The lowest BCUT2D eigenvalue weighted by atomic mass is 10.5. The van der Waals surface area contributed by atoms with Crippen LogP contribution in [0.3, 0.4) is 0 Å². The molecule has 7 heteroatoms. The predicted octanol–water partition coefficient (Wildman–Crippen LogP) is 0.947. The van der Waals surface area contributed by atoms with Gasteiger partial charge in [0, 0.05) is 30.8 Å². The molecule has 0 aromatic carbocycles. The number of hydrogen-bond acceptors (Lipinski definition) is 6. The zero-order valence-corrected chi connectivity index (χ0v) is 10.5. The zero-order chi connectivity index (χ0) is 11.3. The molecular weight excluding hydrogens is 234 g/mol. The molecular formula is C8H15N3O2S2. The largest absolute Gasteiger partial charge is 0.360 e. The van der Waals surface area contributed by atoms with E-state index in [1.54, 1.807) is 0 Å². The SMILES string of the molecule is CCc1nsc(NCCCS(C)(=O)=O)n1. The van der Waals surface area contributed by atoms with Crippen molar-refractivity contribution >= 4 is 26.5 Å². The maximum atomic E-state index is 10.8. The van der Waals surface area contributed by atoms with Gasteiger partial charge in [-0.05, 0) is 6.42 Å². The second-order valence-corrected chi connectivity index (χ2v) is 6.29. The molecule has 0 radical (unpaired) electrons. The van der Waals surface area contributed by atoms with Gasteiger partial charge in [-0.1, -0.05) is 6.92 Å². The molecule has 5 nitrogen and oxygen atoms in total. The van der Waals surface area contributed by atoms with Gasteiger partial charge in [0.15, 0.2) is 0 Å². The molecule has 1 aromatic rings. The van der Waals surface area contributed by atoms with Gasteiger partial charge in [0.05, 0.1) is 5.75 Å². The summed E-state index contributed by atoms with van der Waals surface area (Å²) in [6, 6.07) is 0. The Bertz CT molecular complexity index is 400. The van der Waals surface area contributed by atoms with Gasteiger partial charge in [0.1, 0.15) is 15.7 Å². The van der Waals surface area contributed by atoms with Crippen LogP contribution in [0.15, 0.2) is 0 Å². The molecule has 0 aliphatic heterocycles. The summed E-state index contributed by atoms with van der Waals surface area (Å²) in [5.41, 5.74) is 0. The van der Waals surface area contributed by atoms with Crippen LogP contribution < -0.4 is 5.32 Å². The van der Waals surface area contributed by atoms with E-state index in [9.17, 15) is 8.42 Å². The fourth-order valence-electron chi connectivity index (χ4n) is 0.999. The van der Waals surface area contributed by atoms with Crippen molar-refractivity contribution < 1.29 is 8.42 Å². The van der Waals surface area contributed by atoms with Crippen molar-refractivity contribution in [2.75, 3.05) is 23.9 Å². The third-order valence-corrected chi connectivity index (χ3v) is 3.49. The van der Waals surface area contributed by atoms with Crippen molar-refractivity contribution in [3.05, 3.63) is 5.82 Å². The summed E-state index contributed by atoms with van der Waals surface area (Å²) >= 11 is 1.31. The Kier molecular flexibility index (Phi) is 4.46.